The fraction of sp³-hybridized carbons (Fsp3) is 0.500. The summed E-state index contributed by atoms with van der Waals surface area (Å²) in [5.74, 6) is 0.994. The van der Waals surface area contributed by atoms with Crippen molar-refractivity contribution in [3.63, 3.8) is 0 Å². The molecule has 0 radical (unpaired) electrons. The van der Waals surface area contributed by atoms with E-state index in [1.807, 2.05) is 18.2 Å². The molecular formula is C20H25N5O3S. The summed E-state index contributed by atoms with van der Waals surface area (Å²) in [5, 5.41) is 12.8. The summed E-state index contributed by atoms with van der Waals surface area (Å²) in [6.45, 7) is 1.76. The SMILES string of the molecule is O=C(Nc1nnc(C2CCCCC2)s1)N1CCN(C(=O)Oc2ccccc2)CC1. The summed E-state index contributed by atoms with van der Waals surface area (Å²) < 4.78 is 5.36. The Bertz CT molecular complexity index is 830. The van der Waals surface area contributed by atoms with Crippen molar-refractivity contribution >= 4 is 28.6 Å². The standard InChI is InChI=1S/C20H25N5O3S/c26-19(21-18-23-22-17(29-18)15-7-3-1-4-8-15)24-11-13-25(14-12-24)20(27)28-16-9-5-2-6-10-16/h2,5-6,9-10,15H,1,3-4,7-8,11-14H2,(H,21,23,26). The van der Waals surface area contributed by atoms with Gasteiger partial charge in [0, 0.05) is 32.1 Å². The van der Waals surface area contributed by atoms with Crippen molar-refractivity contribution in [1.29, 1.82) is 0 Å². The monoisotopic (exact) mass is 415 g/mol. The molecule has 1 N–H and O–H groups in total. The molecule has 1 saturated carbocycles. The van der Waals surface area contributed by atoms with Gasteiger partial charge in [0.25, 0.3) is 0 Å². The smallest absolute Gasteiger partial charge is 0.410 e. The van der Waals surface area contributed by atoms with Crippen LogP contribution in [0.5, 0.6) is 5.75 Å². The molecule has 8 nitrogen and oxygen atoms in total. The highest BCUT2D eigenvalue weighted by Crippen LogP contribution is 2.35. The lowest BCUT2D eigenvalue weighted by atomic mass is 9.90. The van der Waals surface area contributed by atoms with E-state index in [0.29, 0.717) is 43.0 Å². The molecule has 0 unspecified atom stereocenters. The Kier molecular flexibility index (Phi) is 6.24. The zero-order valence-corrected chi connectivity index (χ0v) is 17.1. The Balaban J connectivity index is 1.25. The molecule has 0 bridgehead atoms. The second-order valence-corrected chi connectivity index (χ2v) is 8.37. The van der Waals surface area contributed by atoms with Crippen molar-refractivity contribution in [2.45, 2.75) is 38.0 Å². The molecule has 0 atom stereocenters. The van der Waals surface area contributed by atoms with E-state index in [-0.39, 0.29) is 6.03 Å². The number of piperazine rings is 1. The van der Waals surface area contributed by atoms with Crippen LogP contribution < -0.4 is 10.1 Å². The van der Waals surface area contributed by atoms with Crippen LogP contribution in [-0.4, -0.2) is 58.3 Å². The van der Waals surface area contributed by atoms with E-state index in [1.54, 1.807) is 21.9 Å². The van der Waals surface area contributed by atoms with E-state index in [2.05, 4.69) is 15.5 Å². The van der Waals surface area contributed by atoms with Gasteiger partial charge in [0.2, 0.25) is 5.13 Å². The maximum absolute atomic E-state index is 12.5. The van der Waals surface area contributed by atoms with Gasteiger partial charge in [-0.3, -0.25) is 5.32 Å². The van der Waals surface area contributed by atoms with Crippen LogP contribution in [0.1, 0.15) is 43.0 Å². The van der Waals surface area contributed by atoms with Crippen molar-refractivity contribution in [2.24, 2.45) is 0 Å². The maximum Gasteiger partial charge on any atom is 0.415 e. The molecule has 29 heavy (non-hydrogen) atoms. The maximum atomic E-state index is 12.5. The van der Waals surface area contributed by atoms with Crippen molar-refractivity contribution < 1.29 is 14.3 Å². The third kappa shape index (κ3) is 5.03. The predicted octanol–water partition coefficient (Wildman–Crippen LogP) is 3.93. The lowest BCUT2D eigenvalue weighted by Gasteiger charge is -2.33. The summed E-state index contributed by atoms with van der Waals surface area (Å²) in [6.07, 6.45) is 5.69. The van der Waals surface area contributed by atoms with Gasteiger partial charge >= 0.3 is 12.1 Å². The van der Waals surface area contributed by atoms with Gasteiger partial charge in [0.15, 0.2) is 0 Å². The molecule has 1 aliphatic heterocycles. The van der Waals surface area contributed by atoms with Gasteiger partial charge in [0.05, 0.1) is 0 Å². The summed E-state index contributed by atoms with van der Waals surface area (Å²) in [7, 11) is 0. The fourth-order valence-electron chi connectivity index (χ4n) is 3.72. The van der Waals surface area contributed by atoms with Crippen LogP contribution in [0.4, 0.5) is 14.7 Å². The first-order valence-electron chi connectivity index (χ1n) is 10.1. The number of ether oxygens (including phenoxy) is 1. The Labute approximate surface area is 173 Å². The molecule has 0 spiro atoms. The Morgan fingerprint density at radius 2 is 1.66 bits per heavy atom. The zero-order chi connectivity index (χ0) is 20.1. The van der Waals surface area contributed by atoms with E-state index < -0.39 is 6.09 Å². The van der Waals surface area contributed by atoms with E-state index in [0.717, 1.165) is 17.8 Å². The van der Waals surface area contributed by atoms with Gasteiger partial charge in [0.1, 0.15) is 10.8 Å². The molecule has 3 amide bonds. The molecule has 2 heterocycles. The number of aromatic nitrogens is 2. The van der Waals surface area contributed by atoms with Crippen molar-refractivity contribution in [3.05, 3.63) is 35.3 Å². The number of nitrogens with zero attached hydrogens (tertiary/aromatic N) is 4. The minimum absolute atomic E-state index is 0.201. The molecular weight excluding hydrogens is 390 g/mol. The normalized spacial score (nSPS) is 17.8. The fourth-order valence-corrected chi connectivity index (χ4v) is 4.62. The second kappa shape index (κ2) is 9.21. The Hall–Kier alpha value is -2.68. The van der Waals surface area contributed by atoms with Gasteiger partial charge < -0.3 is 14.5 Å². The summed E-state index contributed by atoms with van der Waals surface area (Å²) in [6, 6.07) is 8.78. The summed E-state index contributed by atoms with van der Waals surface area (Å²) in [4.78, 5) is 28.1. The molecule has 4 rings (SSSR count). The van der Waals surface area contributed by atoms with Crippen molar-refractivity contribution in [1.82, 2.24) is 20.0 Å². The first kappa shape index (κ1) is 19.6. The molecule has 9 heteroatoms. The third-order valence-corrected chi connectivity index (χ3v) is 6.38. The average molecular weight is 416 g/mol. The lowest BCUT2D eigenvalue weighted by molar-refractivity contribution is 0.120. The minimum Gasteiger partial charge on any atom is -0.410 e. The van der Waals surface area contributed by atoms with Gasteiger partial charge in [-0.25, -0.2) is 9.59 Å². The molecule has 2 aliphatic rings. The Morgan fingerprint density at radius 3 is 2.38 bits per heavy atom. The third-order valence-electron chi connectivity index (χ3n) is 5.38. The quantitative estimate of drug-likeness (QED) is 0.821. The molecule has 1 saturated heterocycles. The van der Waals surface area contributed by atoms with Crippen molar-refractivity contribution in [3.8, 4) is 5.75 Å². The van der Waals surface area contributed by atoms with Gasteiger partial charge in [-0.15, -0.1) is 10.2 Å². The number of urea groups is 1. The number of nitrogens with one attached hydrogen (secondary N) is 1. The first-order valence-corrected chi connectivity index (χ1v) is 10.9. The molecule has 1 aromatic carbocycles. The molecule has 1 aliphatic carbocycles. The van der Waals surface area contributed by atoms with Crippen LogP contribution in [0.2, 0.25) is 0 Å². The Morgan fingerprint density at radius 1 is 0.966 bits per heavy atom. The topological polar surface area (TPSA) is 87.7 Å². The summed E-state index contributed by atoms with van der Waals surface area (Å²) in [5.41, 5.74) is 0. The number of hydrogen-bond acceptors (Lipinski definition) is 6. The average Bonchev–Trinajstić information content (AvgIpc) is 3.23. The molecule has 154 valence electrons. The van der Waals surface area contributed by atoms with E-state index in [1.165, 1.54) is 30.6 Å². The van der Waals surface area contributed by atoms with Gasteiger partial charge in [-0.05, 0) is 25.0 Å². The number of rotatable bonds is 3. The van der Waals surface area contributed by atoms with E-state index in [4.69, 9.17) is 4.74 Å². The van der Waals surface area contributed by atoms with Crippen LogP contribution in [-0.2, 0) is 0 Å². The number of anilines is 1. The van der Waals surface area contributed by atoms with Gasteiger partial charge in [-0.2, -0.15) is 0 Å². The number of amides is 3. The van der Waals surface area contributed by atoms with Crippen LogP contribution in [0.15, 0.2) is 30.3 Å². The van der Waals surface area contributed by atoms with Crippen LogP contribution in [0.25, 0.3) is 0 Å². The number of hydrogen-bond donors (Lipinski definition) is 1. The van der Waals surface area contributed by atoms with Crippen LogP contribution in [0, 0.1) is 0 Å². The second-order valence-electron chi connectivity index (χ2n) is 7.37. The lowest BCUT2D eigenvalue weighted by Crippen LogP contribution is -2.52. The highest BCUT2D eigenvalue weighted by molar-refractivity contribution is 7.15. The molecule has 2 aromatic rings. The number of benzene rings is 1. The predicted molar refractivity (Wildman–Crippen MR) is 110 cm³/mol. The molecule has 2 fully saturated rings. The zero-order valence-electron chi connectivity index (χ0n) is 16.2. The van der Waals surface area contributed by atoms with Crippen LogP contribution in [0.3, 0.4) is 0 Å². The first-order chi connectivity index (χ1) is 14.2. The summed E-state index contributed by atoms with van der Waals surface area (Å²) >= 11 is 1.47. The van der Waals surface area contributed by atoms with E-state index in [9.17, 15) is 9.59 Å². The number of carbonyl (C=O) groups excluding carboxylic acids is 2. The number of para-hydroxylation sites is 1. The molecule has 1 aromatic heterocycles. The highest BCUT2D eigenvalue weighted by Gasteiger charge is 2.26. The van der Waals surface area contributed by atoms with Gasteiger partial charge in [-0.1, -0.05) is 48.8 Å². The largest absolute Gasteiger partial charge is 0.415 e. The van der Waals surface area contributed by atoms with E-state index >= 15 is 0 Å². The van der Waals surface area contributed by atoms with Crippen LogP contribution >= 0.6 is 11.3 Å². The highest BCUT2D eigenvalue weighted by atomic mass is 32.1. The van der Waals surface area contributed by atoms with Crippen molar-refractivity contribution in [2.75, 3.05) is 31.5 Å². The minimum atomic E-state index is -0.391. The number of carbonyl (C=O) groups is 2.